The summed E-state index contributed by atoms with van der Waals surface area (Å²) in [5.41, 5.74) is 2.07. The Hall–Kier alpha value is -4.07. The summed E-state index contributed by atoms with van der Waals surface area (Å²) >= 11 is 0. The first-order valence-electron chi connectivity index (χ1n) is 12.3. The van der Waals surface area contributed by atoms with Crippen LogP contribution in [0.15, 0.2) is 72.9 Å². The van der Waals surface area contributed by atoms with E-state index < -0.39 is 23.8 Å². The molecule has 3 aromatic rings. The molecule has 3 N–H and O–H groups in total. The number of carbonyl (C=O) groups excluding carboxylic acids is 3. The number of nitrogens with one attached hydrogen (secondary N) is 3. The number of fused-ring (bicyclic) bond motifs is 1. The standard InChI is InChI=1S/C29H35N3O5/c1-20(31-27(34)36-19-21-12-6-5-7-13-21)11-10-16-26(33)25(32-28(35)37-29(2,3)4)17-22-18-30-24-15-9-8-14-23(22)24/h5-10,12-16,18,20,25,30H,11,17,19H2,1-4H3,(H,31,34)(H,32,35)/b16-10+/t20-,25+/m0/s1. The molecule has 0 aliphatic carbocycles. The molecule has 8 heteroatoms. The number of ether oxygens (including phenoxy) is 2. The predicted octanol–water partition coefficient (Wildman–Crippen LogP) is 5.43. The van der Waals surface area contributed by atoms with E-state index in [0.29, 0.717) is 12.8 Å². The fourth-order valence-corrected chi connectivity index (χ4v) is 3.72. The molecule has 0 radical (unpaired) electrons. The highest BCUT2D eigenvalue weighted by atomic mass is 16.6. The van der Waals surface area contributed by atoms with Gasteiger partial charge in [0.25, 0.3) is 0 Å². The van der Waals surface area contributed by atoms with E-state index in [1.165, 1.54) is 6.08 Å². The number of amides is 2. The van der Waals surface area contributed by atoms with E-state index in [9.17, 15) is 14.4 Å². The third kappa shape index (κ3) is 9.14. The molecule has 2 amide bonds. The molecule has 3 rings (SSSR count). The minimum Gasteiger partial charge on any atom is -0.445 e. The lowest BCUT2D eigenvalue weighted by Crippen LogP contribution is -2.44. The Labute approximate surface area is 217 Å². The van der Waals surface area contributed by atoms with Gasteiger partial charge in [-0.15, -0.1) is 0 Å². The molecule has 1 heterocycles. The molecular formula is C29H35N3O5. The third-order valence-electron chi connectivity index (χ3n) is 5.48. The Morgan fingerprint density at radius 2 is 1.68 bits per heavy atom. The zero-order valence-electron chi connectivity index (χ0n) is 21.7. The first-order valence-corrected chi connectivity index (χ1v) is 12.3. The Kier molecular flexibility index (Phi) is 9.49. The number of ketones is 1. The zero-order valence-corrected chi connectivity index (χ0v) is 21.7. The number of benzene rings is 2. The van der Waals surface area contributed by atoms with E-state index in [2.05, 4.69) is 15.6 Å². The van der Waals surface area contributed by atoms with E-state index in [0.717, 1.165) is 22.0 Å². The fraction of sp³-hybridized carbons (Fsp3) is 0.345. The molecule has 0 saturated heterocycles. The second-order valence-corrected chi connectivity index (χ2v) is 9.91. The molecule has 2 aromatic carbocycles. The van der Waals surface area contributed by atoms with Crippen molar-refractivity contribution in [1.82, 2.24) is 15.6 Å². The maximum Gasteiger partial charge on any atom is 0.408 e. The lowest BCUT2D eigenvalue weighted by atomic mass is 10.0. The molecule has 0 bridgehead atoms. The molecule has 0 aliphatic heterocycles. The number of H-pyrrole nitrogens is 1. The van der Waals surface area contributed by atoms with Gasteiger partial charge in [0.1, 0.15) is 12.2 Å². The Morgan fingerprint density at radius 1 is 0.973 bits per heavy atom. The van der Waals surface area contributed by atoms with Gasteiger partial charge in [-0.2, -0.15) is 0 Å². The van der Waals surface area contributed by atoms with Crippen molar-refractivity contribution in [2.24, 2.45) is 0 Å². The molecule has 2 atom stereocenters. The molecule has 0 spiro atoms. The van der Waals surface area contributed by atoms with Crippen LogP contribution in [-0.4, -0.2) is 40.6 Å². The van der Waals surface area contributed by atoms with Gasteiger partial charge in [0.2, 0.25) is 0 Å². The number of hydrogen-bond donors (Lipinski definition) is 3. The Morgan fingerprint density at radius 3 is 2.41 bits per heavy atom. The fourth-order valence-electron chi connectivity index (χ4n) is 3.72. The van der Waals surface area contributed by atoms with E-state index in [1.54, 1.807) is 26.8 Å². The monoisotopic (exact) mass is 505 g/mol. The largest absolute Gasteiger partial charge is 0.445 e. The highest BCUT2D eigenvalue weighted by molar-refractivity contribution is 5.97. The number of hydrogen-bond acceptors (Lipinski definition) is 5. The van der Waals surface area contributed by atoms with Gasteiger partial charge in [0, 0.05) is 29.6 Å². The van der Waals surface area contributed by atoms with Gasteiger partial charge in [-0.1, -0.05) is 54.6 Å². The third-order valence-corrected chi connectivity index (χ3v) is 5.48. The second-order valence-electron chi connectivity index (χ2n) is 9.91. The molecule has 0 saturated carbocycles. The van der Waals surface area contributed by atoms with Crippen molar-refractivity contribution in [1.29, 1.82) is 0 Å². The van der Waals surface area contributed by atoms with E-state index in [4.69, 9.17) is 9.47 Å². The van der Waals surface area contributed by atoms with Gasteiger partial charge in [-0.3, -0.25) is 4.79 Å². The van der Waals surface area contributed by atoms with Crippen LogP contribution < -0.4 is 10.6 Å². The summed E-state index contributed by atoms with van der Waals surface area (Å²) in [7, 11) is 0. The normalized spacial score (nSPS) is 13.2. The van der Waals surface area contributed by atoms with Crippen LogP contribution in [0.3, 0.4) is 0 Å². The summed E-state index contributed by atoms with van der Waals surface area (Å²) in [5.74, 6) is -0.269. The van der Waals surface area contributed by atoms with Crippen molar-refractivity contribution in [2.45, 2.75) is 64.8 Å². The average molecular weight is 506 g/mol. The number of alkyl carbamates (subject to hydrolysis) is 2. The molecule has 1 aromatic heterocycles. The first kappa shape index (κ1) is 27.5. The number of rotatable bonds is 10. The van der Waals surface area contributed by atoms with Crippen molar-refractivity contribution in [2.75, 3.05) is 0 Å². The van der Waals surface area contributed by atoms with Crippen molar-refractivity contribution < 1.29 is 23.9 Å². The van der Waals surface area contributed by atoms with Crippen LogP contribution in [0.5, 0.6) is 0 Å². The quantitative estimate of drug-likeness (QED) is 0.318. The first-order chi connectivity index (χ1) is 17.6. The molecule has 0 fully saturated rings. The summed E-state index contributed by atoms with van der Waals surface area (Å²) in [4.78, 5) is 40.8. The number of carbonyl (C=O) groups is 3. The predicted molar refractivity (Wildman–Crippen MR) is 143 cm³/mol. The summed E-state index contributed by atoms with van der Waals surface area (Å²) in [6.07, 6.45) is 4.49. The summed E-state index contributed by atoms with van der Waals surface area (Å²) in [6.45, 7) is 7.30. The van der Waals surface area contributed by atoms with Gasteiger partial charge in [0.05, 0.1) is 6.04 Å². The van der Waals surface area contributed by atoms with Crippen molar-refractivity contribution in [3.8, 4) is 0 Å². The van der Waals surface area contributed by atoms with Crippen molar-refractivity contribution in [3.63, 3.8) is 0 Å². The zero-order chi connectivity index (χ0) is 26.8. The highest BCUT2D eigenvalue weighted by Gasteiger charge is 2.24. The molecular weight excluding hydrogens is 470 g/mol. The van der Waals surface area contributed by atoms with Gasteiger partial charge in [-0.25, -0.2) is 9.59 Å². The maximum absolute atomic E-state index is 13.1. The minimum absolute atomic E-state index is 0.180. The van der Waals surface area contributed by atoms with Crippen molar-refractivity contribution >= 4 is 28.9 Å². The van der Waals surface area contributed by atoms with E-state index in [-0.39, 0.29) is 18.4 Å². The van der Waals surface area contributed by atoms with Gasteiger partial charge >= 0.3 is 12.2 Å². The maximum atomic E-state index is 13.1. The van der Waals surface area contributed by atoms with Crippen LogP contribution in [0.2, 0.25) is 0 Å². The topological polar surface area (TPSA) is 110 Å². The van der Waals surface area contributed by atoms with Crippen LogP contribution >= 0.6 is 0 Å². The summed E-state index contributed by atoms with van der Waals surface area (Å²) < 4.78 is 10.6. The molecule has 37 heavy (non-hydrogen) atoms. The highest BCUT2D eigenvalue weighted by Crippen LogP contribution is 2.20. The number of aromatic amines is 1. The molecule has 8 nitrogen and oxygen atoms in total. The second kappa shape index (κ2) is 12.8. The SMILES string of the molecule is C[C@@H](C/C=C/C(=O)[C@@H](Cc1c[nH]c2ccccc12)NC(=O)OC(C)(C)C)NC(=O)OCc1ccccc1. The van der Waals surface area contributed by atoms with Crippen LogP contribution in [0, 0.1) is 0 Å². The van der Waals surface area contributed by atoms with Crippen LogP contribution in [0.25, 0.3) is 10.9 Å². The lowest BCUT2D eigenvalue weighted by molar-refractivity contribution is -0.116. The van der Waals surface area contributed by atoms with Gasteiger partial charge in [0.15, 0.2) is 5.78 Å². The Bertz CT molecular complexity index is 1230. The Balaban J connectivity index is 1.58. The van der Waals surface area contributed by atoms with Crippen LogP contribution in [0.1, 0.15) is 45.2 Å². The molecule has 0 aliphatic rings. The summed E-state index contributed by atoms with van der Waals surface area (Å²) in [5, 5.41) is 6.45. The van der Waals surface area contributed by atoms with Gasteiger partial charge in [-0.05, 0) is 57.4 Å². The van der Waals surface area contributed by atoms with Crippen LogP contribution in [-0.2, 0) is 27.3 Å². The molecule has 0 unspecified atom stereocenters. The van der Waals surface area contributed by atoms with Crippen LogP contribution in [0.4, 0.5) is 9.59 Å². The van der Waals surface area contributed by atoms with Gasteiger partial charge < -0.3 is 25.1 Å². The summed E-state index contributed by atoms with van der Waals surface area (Å²) in [6, 6.07) is 16.1. The lowest BCUT2D eigenvalue weighted by Gasteiger charge is -2.22. The minimum atomic E-state index is -0.815. The number of aromatic nitrogens is 1. The average Bonchev–Trinajstić information content (AvgIpc) is 3.24. The van der Waals surface area contributed by atoms with Crippen molar-refractivity contribution in [3.05, 3.63) is 84.1 Å². The smallest absolute Gasteiger partial charge is 0.408 e. The number of para-hydroxylation sites is 1. The van der Waals surface area contributed by atoms with E-state index >= 15 is 0 Å². The molecule has 196 valence electrons. The van der Waals surface area contributed by atoms with E-state index in [1.807, 2.05) is 67.7 Å².